The van der Waals surface area contributed by atoms with Gasteiger partial charge in [-0.3, -0.25) is 0 Å². The van der Waals surface area contributed by atoms with Crippen molar-refractivity contribution in [1.29, 1.82) is 0 Å². The molecule has 4 heteroatoms. The van der Waals surface area contributed by atoms with E-state index >= 15 is 0 Å². The van der Waals surface area contributed by atoms with E-state index in [4.69, 9.17) is 4.74 Å². The maximum absolute atomic E-state index is 6.56. The molecular formula is C25H28ClNOS. The van der Waals surface area contributed by atoms with E-state index < -0.39 is 0 Å². The molecule has 0 N–H and O–H groups in total. The Morgan fingerprint density at radius 1 is 0.862 bits per heavy atom. The number of hydrogen-bond acceptors (Lipinski definition) is 2. The van der Waals surface area contributed by atoms with E-state index in [2.05, 4.69) is 93.0 Å². The highest BCUT2D eigenvalue weighted by molar-refractivity contribution is 7.98. The van der Waals surface area contributed by atoms with Crippen LogP contribution in [0.2, 0.25) is 0 Å². The molecule has 0 aliphatic carbocycles. The number of halogens is 1. The quantitative estimate of drug-likeness (QED) is 0.561. The Hall–Kier alpha value is -1.78. The maximum Gasteiger partial charge on any atom is 0.109 e. The van der Waals surface area contributed by atoms with E-state index in [-0.39, 0.29) is 18.5 Å². The van der Waals surface area contributed by atoms with Crippen LogP contribution in [0.5, 0.6) is 0 Å². The van der Waals surface area contributed by atoms with Crippen molar-refractivity contribution in [3.05, 3.63) is 101 Å². The number of benzene rings is 3. The van der Waals surface area contributed by atoms with E-state index in [0.717, 1.165) is 29.9 Å². The highest BCUT2D eigenvalue weighted by atomic mass is 35.5. The number of hydrogen-bond donors (Lipinski definition) is 0. The number of quaternary nitrogens is 1. The fourth-order valence-corrected chi connectivity index (χ4v) is 4.92. The first-order valence-electron chi connectivity index (χ1n) is 9.89. The molecule has 3 aromatic carbocycles. The lowest BCUT2D eigenvalue weighted by atomic mass is 9.97. The van der Waals surface area contributed by atoms with Crippen molar-refractivity contribution in [1.82, 2.24) is 0 Å². The van der Waals surface area contributed by atoms with Crippen LogP contribution in [0.1, 0.15) is 28.4 Å². The van der Waals surface area contributed by atoms with Crippen molar-refractivity contribution in [2.75, 3.05) is 27.2 Å². The zero-order valence-electron chi connectivity index (χ0n) is 17.1. The predicted molar refractivity (Wildman–Crippen MR) is 117 cm³/mol. The van der Waals surface area contributed by atoms with Gasteiger partial charge in [-0.05, 0) is 22.8 Å². The van der Waals surface area contributed by atoms with Gasteiger partial charge in [-0.25, -0.2) is 0 Å². The third kappa shape index (κ3) is 5.43. The molecule has 0 bridgehead atoms. The summed E-state index contributed by atoms with van der Waals surface area (Å²) in [6.45, 7) is 2.72. The second kappa shape index (κ2) is 9.82. The Balaban J connectivity index is 0.00000240. The third-order valence-corrected chi connectivity index (χ3v) is 6.49. The van der Waals surface area contributed by atoms with Crippen LogP contribution in [-0.4, -0.2) is 31.7 Å². The van der Waals surface area contributed by atoms with Gasteiger partial charge in [-0.2, -0.15) is 0 Å². The molecule has 2 nitrogen and oxygen atoms in total. The Morgan fingerprint density at radius 3 is 2.31 bits per heavy atom. The maximum atomic E-state index is 6.56. The van der Waals surface area contributed by atoms with E-state index in [0.29, 0.717) is 0 Å². The summed E-state index contributed by atoms with van der Waals surface area (Å²) in [7, 11) is 4.56. The largest absolute Gasteiger partial charge is 1.00 e. The zero-order chi connectivity index (χ0) is 19.4. The summed E-state index contributed by atoms with van der Waals surface area (Å²) in [6.07, 6.45) is 0.0131. The van der Waals surface area contributed by atoms with Crippen molar-refractivity contribution in [2.45, 2.75) is 23.3 Å². The molecule has 1 heterocycles. The average molecular weight is 426 g/mol. The number of thioether (sulfide) groups is 1. The first-order chi connectivity index (χ1) is 13.6. The van der Waals surface area contributed by atoms with Crippen LogP contribution in [0.25, 0.3) is 0 Å². The van der Waals surface area contributed by atoms with Crippen LogP contribution in [0.3, 0.4) is 0 Å². The van der Waals surface area contributed by atoms with Gasteiger partial charge in [-0.1, -0.05) is 72.8 Å². The Morgan fingerprint density at radius 2 is 1.52 bits per heavy atom. The van der Waals surface area contributed by atoms with Gasteiger partial charge in [0.1, 0.15) is 19.2 Å². The van der Waals surface area contributed by atoms with Crippen LogP contribution in [-0.2, 0) is 17.0 Å². The first-order valence-corrected chi connectivity index (χ1v) is 10.9. The molecule has 0 radical (unpaired) electrons. The second-order valence-corrected chi connectivity index (χ2v) is 9.10. The fourth-order valence-electron chi connectivity index (χ4n) is 3.83. The van der Waals surface area contributed by atoms with Gasteiger partial charge in [0.15, 0.2) is 0 Å². The highest BCUT2D eigenvalue weighted by Gasteiger charge is 2.25. The molecule has 1 unspecified atom stereocenters. The van der Waals surface area contributed by atoms with E-state index in [1.165, 1.54) is 27.1 Å². The Kier molecular flexibility index (Phi) is 7.42. The number of fused-ring (bicyclic) bond motifs is 2. The normalized spacial score (nSPS) is 15.6. The van der Waals surface area contributed by atoms with Crippen molar-refractivity contribution in [3.8, 4) is 0 Å². The summed E-state index contributed by atoms with van der Waals surface area (Å²) >= 11 is 1.91. The molecule has 0 saturated carbocycles. The fraction of sp³-hybridized carbons (Fsp3) is 0.280. The van der Waals surface area contributed by atoms with Crippen molar-refractivity contribution in [2.24, 2.45) is 0 Å². The predicted octanol–water partition coefficient (Wildman–Crippen LogP) is 2.68. The standard InChI is InChI=1S/C25H28NOS.ClH/c1-26(2,18-20-10-4-3-5-11-20)16-17-27-25-22-13-7-6-12-21(22)19-28-24-15-9-8-14-23(24)25;/h3-15,25H,16-19H2,1-2H3;1H/q+1;/p-1. The summed E-state index contributed by atoms with van der Waals surface area (Å²) in [5.41, 5.74) is 5.36. The number of nitrogens with zero attached hydrogens (tertiary/aromatic N) is 1. The number of rotatable bonds is 6. The summed E-state index contributed by atoms with van der Waals surface area (Å²) < 4.78 is 7.47. The Bertz CT molecular complexity index is 881. The minimum Gasteiger partial charge on any atom is -1.00 e. The SMILES string of the molecule is C[N+](C)(CCOC1c2ccccc2CSc2ccccc21)Cc1ccccc1.[Cl-]. The number of likely N-dealkylation sites (N-methyl/N-ethyl adjacent to an activating group) is 1. The highest BCUT2D eigenvalue weighted by Crippen LogP contribution is 2.40. The number of ether oxygens (including phenoxy) is 1. The zero-order valence-corrected chi connectivity index (χ0v) is 18.6. The van der Waals surface area contributed by atoms with Crippen LogP contribution < -0.4 is 12.4 Å². The molecule has 29 heavy (non-hydrogen) atoms. The van der Waals surface area contributed by atoms with Crippen molar-refractivity contribution in [3.63, 3.8) is 0 Å². The van der Waals surface area contributed by atoms with Crippen LogP contribution in [0.4, 0.5) is 0 Å². The molecule has 0 fully saturated rings. The molecule has 0 saturated heterocycles. The van der Waals surface area contributed by atoms with Crippen LogP contribution >= 0.6 is 11.8 Å². The molecule has 152 valence electrons. The summed E-state index contributed by atoms with van der Waals surface area (Å²) in [4.78, 5) is 1.33. The molecule has 0 spiro atoms. The van der Waals surface area contributed by atoms with Crippen LogP contribution in [0.15, 0.2) is 83.8 Å². The first kappa shape index (κ1) is 21.9. The minimum atomic E-state index is 0. The summed E-state index contributed by atoms with van der Waals surface area (Å²) in [5.74, 6) is 1.00. The lowest BCUT2D eigenvalue weighted by Gasteiger charge is -2.31. The van der Waals surface area contributed by atoms with Gasteiger partial charge >= 0.3 is 0 Å². The summed E-state index contributed by atoms with van der Waals surface area (Å²) in [6, 6.07) is 28.1. The third-order valence-electron chi connectivity index (χ3n) is 5.36. The molecular weight excluding hydrogens is 398 g/mol. The smallest absolute Gasteiger partial charge is 0.109 e. The van der Waals surface area contributed by atoms with Crippen LogP contribution in [0, 0.1) is 0 Å². The lowest BCUT2D eigenvalue weighted by molar-refractivity contribution is -0.904. The van der Waals surface area contributed by atoms with Crippen molar-refractivity contribution >= 4 is 11.8 Å². The van der Waals surface area contributed by atoms with Gasteiger partial charge < -0.3 is 21.6 Å². The average Bonchev–Trinajstić information content (AvgIpc) is 2.86. The monoisotopic (exact) mass is 425 g/mol. The van der Waals surface area contributed by atoms with Gasteiger partial charge in [0, 0.05) is 16.2 Å². The van der Waals surface area contributed by atoms with E-state index in [9.17, 15) is 0 Å². The minimum absolute atomic E-state index is 0. The molecule has 1 aliphatic heterocycles. The molecule has 1 atom stereocenters. The van der Waals surface area contributed by atoms with E-state index in [1.54, 1.807) is 0 Å². The topological polar surface area (TPSA) is 9.23 Å². The summed E-state index contributed by atoms with van der Waals surface area (Å²) in [5, 5.41) is 0. The molecule has 0 amide bonds. The van der Waals surface area contributed by atoms with E-state index in [1.807, 2.05) is 11.8 Å². The molecule has 3 aromatic rings. The van der Waals surface area contributed by atoms with Crippen molar-refractivity contribution < 1.29 is 21.6 Å². The second-order valence-electron chi connectivity index (χ2n) is 8.08. The lowest BCUT2D eigenvalue weighted by Crippen LogP contribution is -3.00. The van der Waals surface area contributed by atoms with Gasteiger partial charge in [0.05, 0.1) is 20.7 Å². The van der Waals surface area contributed by atoms with Gasteiger partial charge in [0.25, 0.3) is 0 Å². The van der Waals surface area contributed by atoms with Gasteiger partial charge in [-0.15, -0.1) is 11.8 Å². The Labute approximate surface area is 184 Å². The molecule has 0 aromatic heterocycles. The molecule has 1 aliphatic rings. The van der Waals surface area contributed by atoms with Gasteiger partial charge in [0.2, 0.25) is 0 Å². The molecule has 4 rings (SSSR count).